The number of benzene rings is 1. The largest absolute Gasteiger partial charge is 0.378 e. The molecule has 5 nitrogen and oxygen atoms in total. The molecule has 1 fully saturated rings. The van der Waals surface area contributed by atoms with E-state index in [1.165, 1.54) is 0 Å². The first kappa shape index (κ1) is 16.0. The third kappa shape index (κ3) is 5.46. The fourth-order valence-electron chi connectivity index (χ4n) is 2.36. The average molecular weight is 308 g/mol. The van der Waals surface area contributed by atoms with Gasteiger partial charge in [0.1, 0.15) is 0 Å². The number of rotatable bonds is 6. The Morgan fingerprint density at radius 1 is 1.29 bits per heavy atom. The van der Waals surface area contributed by atoms with Gasteiger partial charge in [0.15, 0.2) is 0 Å². The van der Waals surface area contributed by atoms with Crippen LogP contribution in [0.25, 0.3) is 0 Å². The molecule has 1 saturated heterocycles. The number of ether oxygens (including phenoxy) is 1. The molecule has 0 radical (unpaired) electrons. The molecular formula is C15H20N2O3S. The van der Waals surface area contributed by atoms with E-state index < -0.39 is 10.0 Å². The minimum Gasteiger partial charge on any atom is -0.378 e. The summed E-state index contributed by atoms with van der Waals surface area (Å²) in [6, 6.07) is 8.60. The molecule has 1 aromatic carbocycles. The van der Waals surface area contributed by atoms with Gasteiger partial charge in [-0.15, -0.1) is 0 Å². The van der Waals surface area contributed by atoms with Gasteiger partial charge >= 0.3 is 0 Å². The molecule has 0 spiro atoms. The molecule has 1 N–H and O–H groups in total. The summed E-state index contributed by atoms with van der Waals surface area (Å²) < 4.78 is 32.1. The van der Waals surface area contributed by atoms with Crippen LogP contribution in [-0.4, -0.2) is 27.7 Å². The van der Waals surface area contributed by atoms with Gasteiger partial charge < -0.3 is 4.74 Å². The van der Waals surface area contributed by atoms with Gasteiger partial charge in [0, 0.05) is 13.2 Å². The quantitative estimate of drug-likeness (QED) is 0.871. The van der Waals surface area contributed by atoms with E-state index in [-0.39, 0.29) is 11.9 Å². The summed E-state index contributed by atoms with van der Waals surface area (Å²) in [5, 5.41) is 8.71. The van der Waals surface area contributed by atoms with Gasteiger partial charge in [-0.1, -0.05) is 12.1 Å². The van der Waals surface area contributed by atoms with Crippen LogP contribution in [0.1, 0.15) is 36.8 Å². The van der Waals surface area contributed by atoms with E-state index in [1.807, 2.05) is 6.07 Å². The van der Waals surface area contributed by atoms with Crippen molar-refractivity contribution in [1.29, 1.82) is 5.26 Å². The van der Waals surface area contributed by atoms with E-state index in [0.29, 0.717) is 24.1 Å². The number of hydrogen-bond acceptors (Lipinski definition) is 4. The highest BCUT2D eigenvalue weighted by Crippen LogP contribution is 2.15. The summed E-state index contributed by atoms with van der Waals surface area (Å²) in [5.74, 6) is -0.0652. The molecule has 1 atom stereocenters. The van der Waals surface area contributed by atoms with Crippen LogP contribution >= 0.6 is 0 Å². The maximum absolute atomic E-state index is 12.0. The summed E-state index contributed by atoms with van der Waals surface area (Å²) in [6.07, 6.45) is 4.16. The Labute approximate surface area is 126 Å². The first-order valence-corrected chi connectivity index (χ1v) is 8.82. The Kier molecular flexibility index (Phi) is 5.74. The Balaban J connectivity index is 1.79. The van der Waals surface area contributed by atoms with Crippen molar-refractivity contribution in [1.82, 2.24) is 4.72 Å². The zero-order chi connectivity index (χ0) is 15.1. The van der Waals surface area contributed by atoms with Gasteiger partial charge in [-0.25, -0.2) is 13.1 Å². The van der Waals surface area contributed by atoms with E-state index in [9.17, 15) is 8.42 Å². The lowest BCUT2D eigenvalue weighted by molar-refractivity contribution is 0.0123. The summed E-state index contributed by atoms with van der Waals surface area (Å²) in [6.45, 7) is 1.19. The van der Waals surface area contributed by atoms with Crippen molar-refractivity contribution in [3.8, 4) is 6.07 Å². The lowest BCUT2D eigenvalue weighted by Gasteiger charge is -2.22. The van der Waals surface area contributed by atoms with Crippen LogP contribution in [0.4, 0.5) is 0 Å². The standard InChI is InChI=1S/C15H20N2O3S/c16-11-13-4-6-14(7-5-13)12-21(18,19)17-9-8-15-3-1-2-10-20-15/h4-7,15,17H,1-3,8-10,12H2. The normalized spacial score (nSPS) is 19.1. The molecule has 114 valence electrons. The number of nitrogens with zero attached hydrogens (tertiary/aromatic N) is 1. The maximum atomic E-state index is 12.0. The smallest absolute Gasteiger partial charge is 0.215 e. The van der Waals surface area contributed by atoms with E-state index in [0.717, 1.165) is 25.9 Å². The summed E-state index contributed by atoms with van der Waals surface area (Å²) in [7, 11) is -3.34. The number of hydrogen-bond donors (Lipinski definition) is 1. The lowest BCUT2D eigenvalue weighted by Crippen LogP contribution is -2.30. The third-order valence-electron chi connectivity index (χ3n) is 3.50. The second-order valence-electron chi connectivity index (χ2n) is 5.24. The predicted octanol–water partition coefficient (Wildman–Crippen LogP) is 1.94. The minimum atomic E-state index is -3.34. The number of sulfonamides is 1. The second-order valence-corrected chi connectivity index (χ2v) is 7.05. The molecule has 1 heterocycles. The van der Waals surface area contributed by atoms with Gasteiger partial charge in [0.05, 0.1) is 23.5 Å². The predicted molar refractivity (Wildman–Crippen MR) is 80.0 cm³/mol. The van der Waals surface area contributed by atoms with Crippen LogP contribution in [0.3, 0.4) is 0 Å². The van der Waals surface area contributed by atoms with E-state index >= 15 is 0 Å². The molecular weight excluding hydrogens is 288 g/mol. The molecule has 1 unspecified atom stereocenters. The fraction of sp³-hybridized carbons (Fsp3) is 0.533. The van der Waals surface area contributed by atoms with Crippen molar-refractivity contribution < 1.29 is 13.2 Å². The van der Waals surface area contributed by atoms with E-state index in [1.54, 1.807) is 24.3 Å². The van der Waals surface area contributed by atoms with Crippen molar-refractivity contribution in [2.45, 2.75) is 37.5 Å². The van der Waals surface area contributed by atoms with Crippen molar-refractivity contribution in [2.24, 2.45) is 0 Å². The van der Waals surface area contributed by atoms with Gasteiger partial charge in [0.25, 0.3) is 0 Å². The highest BCUT2D eigenvalue weighted by Gasteiger charge is 2.16. The highest BCUT2D eigenvalue weighted by atomic mass is 32.2. The van der Waals surface area contributed by atoms with Gasteiger partial charge in [-0.2, -0.15) is 5.26 Å². The molecule has 2 rings (SSSR count). The van der Waals surface area contributed by atoms with Crippen LogP contribution < -0.4 is 4.72 Å². The molecule has 0 aliphatic carbocycles. The van der Waals surface area contributed by atoms with Gasteiger partial charge in [-0.05, 0) is 43.4 Å². The molecule has 1 aliphatic heterocycles. The zero-order valence-corrected chi connectivity index (χ0v) is 12.7. The topological polar surface area (TPSA) is 79.2 Å². The molecule has 0 bridgehead atoms. The van der Waals surface area contributed by atoms with E-state index in [2.05, 4.69) is 4.72 Å². The molecule has 0 saturated carbocycles. The zero-order valence-electron chi connectivity index (χ0n) is 11.9. The first-order chi connectivity index (χ1) is 10.1. The monoisotopic (exact) mass is 308 g/mol. The summed E-state index contributed by atoms with van der Waals surface area (Å²) >= 11 is 0. The van der Waals surface area contributed by atoms with Gasteiger partial charge in [-0.3, -0.25) is 0 Å². The van der Waals surface area contributed by atoms with Crippen LogP contribution in [0, 0.1) is 11.3 Å². The minimum absolute atomic E-state index is 0.0652. The van der Waals surface area contributed by atoms with Crippen molar-refractivity contribution >= 4 is 10.0 Å². The Bertz CT molecular complexity index is 584. The molecule has 21 heavy (non-hydrogen) atoms. The Morgan fingerprint density at radius 2 is 2.05 bits per heavy atom. The molecule has 0 amide bonds. The molecule has 0 aromatic heterocycles. The Morgan fingerprint density at radius 3 is 2.67 bits per heavy atom. The maximum Gasteiger partial charge on any atom is 0.215 e. The molecule has 1 aliphatic rings. The average Bonchev–Trinajstić information content (AvgIpc) is 2.48. The van der Waals surface area contributed by atoms with Crippen molar-refractivity contribution in [2.75, 3.05) is 13.2 Å². The summed E-state index contributed by atoms with van der Waals surface area (Å²) in [4.78, 5) is 0. The van der Waals surface area contributed by atoms with Crippen LogP contribution in [-0.2, 0) is 20.5 Å². The van der Waals surface area contributed by atoms with E-state index in [4.69, 9.17) is 10.00 Å². The van der Waals surface area contributed by atoms with Crippen molar-refractivity contribution in [3.63, 3.8) is 0 Å². The molecule has 6 heteroatoms. The SMILES string of the molecule is N#Cc1ccc(CS(=O)(=O)NCCC2CCCCO2)cc1. The van der Waals surface area contributed by atoms with Crippen LogP contribution in [0.5, 0.6) is 0 Å². The van der Waals surface area contributed by atoms with Crippen LogP contribution in [0.2, 0.25) is 0 Å². The van der Waals surface area contributed by atoms with Crippen LogP contribution in [0.15, 0.2) is 24.3 Å². The highest BCUT2D eigenvalue weighted by molar-refractivity contribution is 7.88. The Hall–Kier alpha value is -1.42. The fourth-order valence-corrected chi connectivity index (χ4v) is 3.52. The summed E-state index contributed by atoms with van der Waals surface area (Å²) in [5.41, 5.74) is 1.20. The lowest BCUT2D eigenvalue weighted by atomic mass is 10.1. The second kappa shape index (κ2) is 7.55. The number of nitrogens with one attached hydrogen (secondary N) is 1. The van der Waals surface area contributed by atoms with Gasteiger partial charge in [0.2, 0.25) is 10.0 Å². The molecule has 1 aromatic rings. The van der Waals surface area contributed by atoms with Crippen molar-refractivity contribution in [3.05, 3.63) is 35.4 Å². The first-order valence-electron chi connectivity index (χ1n) is 7.17. The third-order valence-corrected chi connectivity index (χ3v) is 4.86. The number of nitriles is 1.